The second kappa shape index (κ2) is 9.77. The molecule has 1 aromatic rings. The smallest absolute Gasteiger partial charge is 0.213 e. The van der Waals surface area contributed by atoms with E-state index in [4.69, 9.17) is 4.74 Å². The van der Waals surface area contributed by atoms with Crippen molar-refractivity contribution in [3.63, 3.8) is 0 Å². The SMILES string of the molecule is CCCOc1ccc(CN=C(NCC)NCC2(C)CCCS2)cn1. The highest BCUT2D eigenvalue weighted by Gasteiger charge is 2.29. The van der Waals surface area contributed by atoms with E-state index in [0.717, 1.165) is 31.0 Å². The molecule has 2 heterocycles. The highest BCUT2D eigenvalue weighted by Crippen LogP contribution is 2.36. The third kappa shape index (κ3) is 6.23. The number of nitrogens with one attached hydrogen (secondary N) is 2. The first-order valence-electron chi connectivity index (χ1n) is 8.89. The number of hydrogen-bond acceptors (Lipinski definition) is 4. The van der Waals surface area contributed by atoms with Gasteiger partial charge in [-0.3, -0.25) is 0 Å². The van der Waals surface area contributed by atoms with Gasteiger partial charge in [0, 0.05) is 30.1 Å². The van der Waals surface area contributed by atoms with Gasteiger partial charge in [0.25, 0.3) is 0 Å². The number of ether oxygens (including phenoxy) is 1. The van der Waals surface area contributed by atoms with Crippen molar-refractivity contribution < 1.29 is 4.74 Å². The fourth-order valence-corrected chi connectivity index (χ4v) is 3.80. The predicted octanol–water partition coefficient (Wildman–Crippen LogP) is 3.21. The number of aliphatic imine (C=N–C) groups is 1. The summed E-state index contributed by atoms with van der Waals surface area (Å²) in [5.74, 6) is 2.82. The standard InChI is InChI=1S/C18H30N4OS/c1-4-10-23-16-8-7-15(12-20-16)13-21-17(19-5-2)22-14-18(3)9-6-11-24-18/h7-8,12H,4-6,9-11,13-14H2,1-3H3,(H2,19,21,22). The molecule has 0 amide bonds. The van der Waals surface area contributed by atoms with Crippen LogP contribution in [0.25, 0.3) is 0 Å². The number of nitrogens with zero attached hydrogens (tertiary/aromatic N) is 2. The quantitative estimate of drug-likeness (QED) is 0.557. The van der Waals surface area contributed by atoms with Gasteiger partial charge < -0.3 is 15.4 Å². The summed E-state index contributed by atoms with van der Waals surface area (Å²) in [6, 6.07) is 3.94. The molecule has 1 saturated heterocycles. The Hall–Kier alpha value is -1.43. The van der Waals surface area contributed by atoms with Gasteiger partial charge in [0.05, 0.1) is 13.2 Å². The second-order valence-corrected chi connectivity index (χ2v) is 7.99. The number of guanidine groups is 1. The van der Waals surface area contributed by atoms with Crippen LogP contribution in [0.5, 0.6) is 5.88 Å². The topological polar surface area (TPSA) is 58.5 Å². The Labute approximate surface area is 150 Å². The fourth-order valence-electron chi connectivity index (χ4n) is 2.56. The van der Waals surface area contributed by atoms with Gasteiger partial charge in [-0.05, 0) is 44.4 Å². The normalized spacial score (nSPS) is 20.9. The molecule has 1 atom stereocenters. The van der Waals surface area contributed by atoms with E-state index in [2.05, 4.69) is 53.1 Å². The Morgan fingerprint density at radius 1 is 1.38 bits per heavy atom. The highest BCUT2D eigenvalue weighted by atomic mass is 32.2. The lowest BCUT2D eigenvalue weighted by atomic mass is 10.1. The van der Waals surface area contributed by atoms with Crippen molar-refractivity contribution in [2.75, 3.05) is 25.4 Å². The summed E-state index contributed by atoms with van der Waals surface area (Å²) in [7, 11) is 0. The minimum atomic E-state index is 0.329. The predicted molar refractivity (Wildman–Crippen MR) is 103 cm³/mol. The molecule has 5 nitrogen and oxygen atoms in total. The van der Waals surface area contributed by atoms with Crippen LogP contribution in [-0.4, -0.2) is 41.1 Å². The largest absolute Gasteiger partial charge is 0.478 e. The average Bonchev–Trinajstić information content (AvgIpc) is 3.03. The number of aromatic nitrogens is 1. The number of thioether (sulfide) groups is 1. The number of hydrogen-bond donors (Lipinski definition) is 2. The van der Waals surface area contributed by atoms with Crippen molar-refractivity contribution in [3.05, 3.63) is 23.9 Å². The lowest BCUT2D eigenvalue weighted by Crippen LogP contribution is -2.43. The first kappa shape index (κ1) is 18.9. The minimum absolute atomic E-state index is 0.329. The van der Waals surface area contributed by atoms with Crippen molar-refractivity contribution in [3.8, 4) is 5.88 Å². The van der Waals surface area contributed by atoms with Crippen LogP contribution in [0.4, 0.5) is 0 Å². The third-order valence-corrected chi connectivity index (χ3v) is 5.48. The molecule has 2 N–H and O–H groups in total. The molecule has 1 aromatic heterocycles. The molecule has 1 aliphatic heterocycles. The van der Waals surface area contributed by atoms with Crippen LogP contribution < -0.4 is 15.4 Å². The first-order chi connectivity index (χ1) is 11.6. The molecule has 0 aromatic carbocycles. The van der Waals surface area contributed by atoms with E-state index in [0.29, 0.717) is 23.8 Å². The number of rotatable bonds is 8. The van der Waals surface area contributed by atoms with Gasteiger partial charge in [-0.25, -0.2) is 9.98 Å². The molecular weight excluding hydrogens is 320 g/mol. The van der Waals surface area contributed by atoms with Crippen LogP contribution in [0, 0.1) is 0 Å². The molecule has 134 valence electrons. The van der Waals surface area contributed by atoms with Crippen LogP contribution in [-0.2, 0) is 6.54 Å². The molecule has 24 heavy (non-hydrogen) atoms. The molecule has 0 radical (unpaired) electrons. The van der Waals surface area contributed by atoms with Gasteiger partial charge in [0.1, 0.15) is 0 Å². The Morgan fingerprint density at radius 2 is 2.25 bits per heavy atom. The third-order valence-electron chi connectivity index (χ3n) is 3.95. The zero-order valence-corrected chi connectivity index (χ0v) is 15.9. The monoisotopic (exact) mass is 350 g/mol. The van der Waals surface area contributed by atoms with Gasteiger partial charge in [-0.15, -0.1) is 0 Å². The van der Waals surface area contributed by atoms with Crippen LogP contribution in [0.3, 0.4) is 0 Å². The summed E-state index contributed by atoms with van der Waals surface area (Å²) in [5.41, 5.74) is 1.08. The van der Waals surface area contributed by atoms with E-state index in [-0.39, 0.29) is 0 Å². The molecule has 0 spiro atoms. The molecule has 1 unspecified atom stereocenters. The highest BCUT2D eigenvalue weighted by molar-refractivity contribution is 8.00. The summed E-state index contributed by atoms with van der Waals surface area (Å²) >= 11 is 2.06. The Morgan fingerprint density at radius 3 is 2.88 bits per heavy atom. The second-order valence-electron chi connectivity index (χ2n) is 6.30. The molecule has 0 bridgehead atoms. The number of pyridine rings is 1. The van der Waals surface area contributed by atoms with E-state index < -0.39 is 0 Å². The van der Waals surface area contributed by atoms with Gasteiger partial charge >= 0.3 is 0 Å². The molecule has 2 rings (SSSR count). The van der Waals surface area contributed by atoms with E-state index in [1.165, 1.54) is 18.6 Å². The lowest BCUT2D eigenvalue weighted by molar-refractivity contribution is 0.305. The molecule has 0 aliphatic carbocycles. The molecule has 0 saturated carbocycles. The van der Waals surface area contributed by atoms with Crippen LogP contribution >= 0.6 is 11.8 Å². The summed E-state index contributed by atoms with van der Waals surface area (Å²) in [4.78, 5) is 9.00. The van der Waals surface area contributed by atoms with E-state index in [9.17, 15) is 0 Å². The Kier molecular flexibility index (Phi) is 7.69. The van der Waals surface area contributed by atoms with Crippen LogP contribution in [0.2, 0.25) is 0 Å². The van der Waals surface area contributed by atoms with Gasteiger partial charge in [-0.1, -0.05) is 13.0 Å². The van der Waals surface area contributed by atoms with Gasteiger partial charge in [0.2, 0.25) is 5.88 Å². The van der Waals surface area contributed by atoms with Crippen molar-refractivity contribution >= 4 is 17.7 Å². The zero-order chi connectivity index (χ0) is 17.3. The van der Waals surface area contributed by atoms with E-state index in [1.54, 1.807) is 0 Å². The first-order valence-corrected chi connectivity index (χ1v) is 9.87. The molecular formula is C18H30N4OS. The zero-order valence-electron chi connectivity index (χ0n) is 15.1. The van der Waals surface area contributed by atoms with Crippen LogP contribution in [0.1, 0.15) is 45.6 Å². The van der Waals surface area contributed by atoms with E-state index >= 15 is 0 Å². The maximum Gasteiger partial charge on any atom is 0.213 e. The lowest BCUT2D eigenvalue weighted by Gasteiger charge is -2.24. The summed E-state index contributed by atoms with van der Waals surface area (Å²) in [6.45, 7) is 9.63. The molecule has 6 heteroatoms. The van der Waals surface area contributed by atoms with Crippen molar-refractivity contribution in [2.24, 2.45) is 4.99 Å². The van der Waals surface area contributed by atoms with Gasteiger partial charge in [-0.2, -0.15) is 11.8 Å². The summed E-state index contributed by atoms with van der Waals surface area (Å²) in [6.07, 6.45) is 5.41. The average molecular weight is 351 g/mol. The maximum absolute atomic E-state index is 5.51. The van der Waals surface area contributed by atoms with E-state index in [1.807, 2.05) is 18.3 Å². The van der Waals surface area contributed by atoms with Crippen molar-refractivity contribution in [2.45, 2.75) is 51.3 Å². The van der Waals surface area contributed by atoms with Gasteiger partial charge in [0.15, 0.2) is 5.96 Å². The van der Waals surface area contributed by atoms with Crippen LogP contribution in [0.15, 0.2) is 23.3 Å². The fraction of sp³-hybridized carbons (Fsp3) is 0.667. The molecule has 1 fully saturated rings. The van der Waals surface area contributed by atoms with Crippen molar-refractivity contribution in [1.29, 1.82) is 0 Å². The minimum Gasteiger partial charge on any atom is -0.478 e. The Bertz CT molecular complexity index is 512. The van der Waals surface area contributed by atoms with Crippen molar-refractivity contribution in [1.82, 2.24) is 15.6 Å². The Balaban J connectivity index is 1.87. The summed E-state index contributed by atoms with van der Waals surface area (Å²) < 4.78 is 5.84. The maximum atomic E-state index is 5.51. The molecule has 1 aliphatic rings. The summed E-state index contributed by atoms with van der Waals surface area (Å²) in [5, 5.41) is 6.80.